The predicted octanol–water partition coefficient (Wildman–Crippen LogP) is 4.20. The highest BCUT2D eigenvalue weighted by molar-refractivity contribution is 14.2. The smallest absolute Gasteiger partial charge is 0.221 e. The number of pyridine rings is 1. The Bertz CT molecular complexity index is 920. The van der Waals surface area contributed by atoms with Crippen LogP contribution < -0.4 is 10.1 Å². The quantitative estimate of drug-likeness (QED) is 0.299. The molecule has 1 unspecified atom stereocenters. The van der Waals surface area contributed by atoms with E-state index >= 15 is 0 Å². The van der Waals surface area contributed by atoms with Gasteiger partial charge in [0.15, 0.2) is 0 Å². The third kappa shape index (κ3) is 4.50. The van der Waals surface area contributed by atoms with Crippen molar-refractivity contribution in [2.45, 2.75) is 20.8 Å². The van der Waals surface area contributed by atoms with Gasteiger partial charge < -0.3 is 10.1 Å². The lowest BCUT2D eigenvalue weighted by Crippen LogP contribution is -2.17. The number of hydrogen-bond donors (Lipinski definition) is 1. The van der Waals surface area contributed by atoms with Gasteiger partial charge in [0.1, 0.15) is 6.61 Å². The minimum absolute atomic E-state index is 0.509. The molecule has 7 nitrogen and oxygen atoms in total. The first-order valence-corrected chi connectivity index (χ1v) is 12.9. The average Bonchev–Trinajstić information content (AvgIpc) is 3.24. The predicted molar refractivity (Wildman–Crippen MR) is 123 cm³/mol. The van der Waals surface area contributed by atoms with Crippen molar-refractivity contribution in [1.82, 2.24) is 29.6 Å². The molecule has 27 heavy (non-hydrogen) atoms. The lowest BCUT2D eigenvalue weighted by atomic mass is 10.1. The molecular formula is C18H26IN6OP. The number of fused-ring (bicyclic) bond motifs is 1. The fourth-order valence-corrected chi connectivity index (χ4v) is 4.27. The SMILES string of the molecule is C=Cc1nn(PI)c2c(C)nc(-c3cnn(C)c3OCCNC)cc12.CC. The fraction of sp³-hybridized carbons (Fsp3) is 0.389. The summed E-state index contributed by atoms with van der Waals surface area (Å²) in [5, 5.41) is 13.1. The molecule has 0 aromatic carbocycles. The van der Waals surface area contributed by atoms with E-state index in [0.29, 0.717) is 18.9 Å². The van der Waals surface area contributed by atoms with Crippen molar-refractivity contribution in [3.8, 4) is 17.1 Å². The van der Waals surface area contributed by atoms with Gasteiger partial charge in [0.05, 0.1) is 40.7 Å². The Hall–Kier alpha value is -1.51. The topological polar surface area (TPSA) is 69.8 Å². The number of ether oxygens (including phenoxy) is 1. The molecule has 0 aliphatic heterocycles. The number of nitrogens with one attached hydrogen (secondary N) is 1. The van der Waals surface area contributed by atoms with Crippen molar-refractivity contribution in [3.63, 3.8) is 0 Å². The largest absolute Gasteiger partial charge is 0.476 e. The fourth-order valence-electron chi connectivity index (χ4n) is 2.71. The summed E-state index contributed by atoms with van der Waals surface area (Å²) in [6.45, 7) is 11.2. The Morgan fingerprint density at radius 3 is 2.78 bits per heavy atom. The molecule has 3 heterocycles. The van der Waals surface area contributed by atoms with Gasteiger partial charge in [0.2, 0.25) is 5.88 Å². The zero-order valence-corrected chi connectivity index (χ0v) is 19.5. The average molecular weight is 500 g/mol. The number of halogens is 1. The molecular weight excluding hydrogens is 474 g/mol. The molecule has 1 N–H and O–H groups in total. The first-order chi connectivity index (χ1) is 13.1. The molecule has 0 amide bonds. The van der Waals surface area contributed by atoms with Crippen molar-refractivity contribution in [1.29, 1.82) is 0 Å². The second-order valence-corrected chi connectivity index (χ2v) is 7.55. The van der Waals surface area contributed by atoms with Gasteiger partial charge in [-0.15, -0.1) is 0 Å². The molecule has 0 radical (unpaired) electrons. The van der Waals surface area contributed by atoms with Crippen LogP contribution >= 0.6 is 28.4 Å². The first-order valence-electron chi connectivity index (χ1n) is 8.80. The van der Waals surface area contributed by atoms with E-state index in [-0.39, 0.29) is 0 Å². The van der Waals surface area contributed by atoms with E-state index in [1.54, 1.807) is 17.0 Å². The van der Waals surface area contributed by atoms with E-state index in [0.717, 1.165) is 40.1 Å². The molecule has 0 bridgehead atoms. The van der Waals surface area contributed by atoms with Gasteiger partial charge in [0, 0.05) is 19.0 Å². The van der Waals surface area contributed by atoms with E-state index in [1.807, 2.05) is 45.4 Å². The maximum absolute atomic E-state index is 5.89. The molecule has 0 saturated carbocycles. The van der Waals surface area contributed by atoms with E-state index in [2.05, 4.69) is 44.1 Å². The van der Waals surface area contributed by atoms with Gasteiger partial charge in [-0.2, -0.15) is 10.2 Å². The highest BCUT2D eigenvalue weighted by Crippen LogP contribution is 2.36. The monoisotopic (exact) mass is 500 g/mol. The molecule has 0 aliphatic rings. The van der Waals surface area contributed by atoms with Crippen LogP contribution in [0.2, 0.25) is 0 Å². The second kappa shape index (κ2) is 10.1. The van der Waals surface area contributed by atoms with E-state index in [4.69, 9.17) is 9.72 Å². The summed E-state index contributed by atoms with van der Waals surface area (Å²) < 4.78 is 9.61. The van der Waals surface area contributed by atoms with Crippen molar-refractivity contribution in [3.05, 3.63) is 30.2 Å². The van der Waals surface area contributed by atoms with Crippen molar-refractivity contribution in [2.24, 2.45) is 7.05 Å². The third-order valence-corrected chi connectivity index (χ3v) is 5.74. The minimum atomic E-state index is 0.509. The van der Waals surface area contributed by atoms with Crippen LogP contribution in [0, 0.1) is 6.92 Å². The maximum Gasteiger partial charge on any atom is 0.221 e. The Morgan fingerprint density at radius 1 is 1.41 bits per heavy atom. The number of likely N-dealkylation sites (N-methyl/N-ethyl adjacent to an activating group) is 1. The molecule has 0 aliphatic carbocycles. The molecule has 0 fully saturated rings. The number of aryl methyl sites for hydroxylation is 2. The zero-order valence-electron chi connectivity index (χ0n) is 16.4. The molecule has 146 valence electrons. The van der Waals surface area contributed by atoms with Gasteiger partial charge in [-0.05, 0) is 48.2 Å². The lowest BCUT2D eigenvalue weighted by molar-refractivity contribution is 0.292. The Balaban J connectivity index is 0.00000126. The van der Waals surface area contributed by atoms with Crippen molar-refractivity contribution in [2.75, 3.05) is 20.2 Å². The lowest BCUT2D eigenvalue weighted by Gasteiger charge is -2.09. The number of nitrogens with zero attached hydrogens (tertiary/aromatic N) is 5. The maximum atomic E-state index is 5.89. The van der Waals surface area contributed by atoms with Crippen LogP contribution in [-0.2, 0) is 7.05 Å². The van der Waals surface area contributed by atoms with Crippen LogP contribution in [0.3, 0.4) is 0 Å². The molecule has 3 aromatic heterocycles. The third-order valence-electron chi connectivity index (χ3n) is 3.89. The van der Waals surface area contributed by atoms with Crippen LogP contribution in [-0.4, -0.2) is 44.5 Å². The van der Waals surface area contributed by atoms with Crippen LogP contribution in [0.15, 0.2) is 18.8 Å². The van der Waals surface area contributed by atoms with Gasteiger partial charge in [0.25, 0.3) is 0 Å². The molecule has 0 spiro atoms. The van der Waals surface area contributed by atoms with Gasteiger partial charge in [-0.1, -0.05) is 20.4 Å². The standard InChI is InChI=1S/C16H20IN6OP.C2H6/c1-5-13-11-8-14(20-10(2)15(11)23(21-13)25-17)12-9-19-22(4)16(12)24-7-6-18-3;1-2/h5,8-9,18,25H,1,6-7H2,2-4H3;1-2H3. The van der Waals surface area contributed by atoms with Gasteiger partial charge in [-0.3, -0.25) is 4.98 Å². The van der Waals surface area contributed by atoms with E-state index in [9.17, 15) is 0 Å². The summed E-state index contributed by atoms with van der Waals surface area (Å²) in [6, 6.07) is 2.04. The van der Waals surface area contributed by atoms with Crippen molar-refractivity contribution < 1.29 is 4.74 Å². The molecule has 9 heteroatoms. The molecule has 3 aromatic rings. The van der Waals surface area contributed by atoms with Gasteiger partial charge >= 0.3 is 0 Å². The summed E-state index contributed by atoms with van der Waals surface area (Å²) >= 11 is 2.32. The number of rotatable bonds is 7. The van der Waals surface area contributed by atoms with Crippen LogP contribution in [0.1, 0.15) is 25.2 Å². The summed E-state index contributed by atoms with van der Waals surface area (Å²) in [6.07, 6.45) is 4.08. The first kappa shape index (κ1) is 21.8. The van der Waals surface area contributed by atoms with Crippen LogP contribution in [0.4, 0.5) is 0 Å². The summed E-state index contributed by atoms with van der Waals surface area (Å²) in [7, 11) is 3.77. The highest BCUT2D eigenvalue weighted by atomic mass is 127. The number of aromatic nitrogens is 5. The van der Waals surface area contributed by atoms with Gasteiger partial charge in [-0.25, -0.2) is 9.13 Å². The Labute approximate surface area is 174 Å². The van der Waals surface area contributed by atoms with E-state index in [1.165, 1.54) is 0 Å². The number of hydrogen-bond acceptors (Lipinski definition) is 5. The van der Waals surface area contributed by atoms with Crippen LogP contribution in [0.5, 0.6) is 5.88 Å². The molecule has 1 atom stereocenters. The molecule has 3 rings (SSSR count). The summed E-state index contributed by atoms with van der Waals surface area (Å²) in [5.41, 5.74) is 4.56. The van der Waals surface area contributed by atoms with E-state index < -0.39 is 0 Å². The Morgan fingerprint density at radius 2 is 2.15 bits per heavy atom. The Kier molecular flexibility index (Phi) is 8.19. The molecule has 0 saturated heterocycles. The van der Waals surface area contributed by atoms with Crippen molar-refractivity contribution >= 4 is 45.4 Å². The summed E-state index contributed by atoms with van der Waals surface area (Å²) in [4.78, 5) is 4.79. The highest BCUT2D eigenvalue weighted by Gasteiger charge is 2.18. The minimum Gasteiger partial charge on any atom is -0.476 e. The van der Waals surface area contributed by atoms with Crippen LogP contribution in [0.25, 0.3) is 28.2 Å². The normalized spacial score (nSPS) is 11.0. The second-order valence-electron chi connectivity index (χ2n) is 5.51. The summed E-state index contributed by atoms with van der Waals surface area (Å²) in [5.74, 6) is 0.713. The zero-order chi connectivity index (χ0) is 20.0.